The van der Waals surface area contributed by atoms with Crippen LogP contribution in [0.1, 0.15) is 55.3 Å². The summed E-state index contributed by atoms with van der Waals surface area (Å²) in [5, 5.41) is 3.31. The van der Waals surface area contributed by atoms with E-state index in [4.69, 9.17) is 4.74 Å². The summed E-state index contributed by atoms with van der Waals surface area (Å²) >= 11 is 0. The van der Waals surface area contributed by atoms with Crippen LogP contribution in [0.25, 0.3) is 0 Å². The van der Waals surface area contributed by atoms with Crippen LogP contribution < -0.4 is 5.32 Å². The molecule has 0 spiro atoms. The van der Waals surface area contributed by atoms with Crippen molar-refractivity contribution in [3.63, 3.8) is 0 Å². The zero-order chi connectivity index (χ0) is 22.0. The molecule has 9 heteroatoms. The lowest BCUT2D eigenvalue weighted by molar-refractivity contribution is -0.147. The van der Waals surface area contributed by atoms with Gasteiger partial charge >= 0.3 is 5.97 Å². The average molecular weight is 450 g/mol. The molecule has 170 valence electrons. The Morgan fingerprint density at radius 1 is 1.03 bits per heavy atom. The number of sulfonamides is 1. The van der Waals surface area contributed by atoms with Gasteiger partial charge in [-0.25, -0.2) is 13.2 Å². The van der Waals surface area contributed by atoms with Crippen molar-refractivity contribution in [2.75, 3.05) is 38.6 Å². The van der Waals surface area contributed by atoms with E-state index in [9.17, 15) is 18.0 Å². The molecule has 1 amide bonds. The minimum Gasteiger partial charge on any atom is -0.467 e. The Hall–Kier alpha value is -2.13. The fourth-order valence-electron chi connectivity index (χ4n) is 4.36. The molecular formula is C22H31N3O5S. The number of carbonyl (C=O) groups is 2. The summed E-state index contributed by atoms with van der Waals surface area (Å²) in [5.41, 5.74) is 0.913. The van der Waals surface area contributed by atoms with Crippen LogP contribution in [0, 0.1) is 5.92 Å². The molecule has 31 heavy (non-hydrogen) atoms. The number of benzene rings is 1. The van der Waals surface area contributed by atoms with Gasteiger partial charge in [-0.1, -0.05) is 0 Å². The number of amides is 1. The van der Waals surface area contributed by atoms with E-state index in [2.05, 4.69) is 5.32 Å². The number of nitrogens with one attached hydrogen (secondary N) is 1. The molecule has 1 atom stereocenters. The van der Waals surface area contributed by atoms with Gasteiger partial charge in [-0.05, 0) is 69.1 Å². The van der Waals surface area contributed by atoms with Crippen LogP contribution in [0.4, 0.5) is 5.69 Å². The number of rotatable bonds is 7. The van der Waals surface area contributed by atoms with Crippen molar-refractivity contribution in [3.8, 4) is 0 Å². The maximum Gasteiger partial charge on any atom is 0.328 e. The molecule has 1 aliphatic carbocycles. The SMILES string of the molecule is COC(=O)[C@@H]1CCCCN1C(=O)c1cc(NCC2CC2)cc(S(=O)(=O)N2CCCC2)c1. The molecule has 2 heterocycles. The molecule has 0 bridgehead atoms. The fourth-order valence-corrected chi connectivity index (χ4v) is 5.95. The number of hydrogen-bond donors (Lipinski definition) is 1. The van der Waals surface area contributed by atoms with Crippen molar-refractivity contribution < 1.29 is 22.7 Å². The highest BCUT2D eigenvalue weighted by Crippen LogP contribution is 2.31. The first kappa shape index (κ1) is 22.1. The molecule has 4 rings (SSSR count). The summed E-state index contributed by atoms with van der Waals surface area (Å²) in [6.07, 6.45) is 6.23. The third kappa shape index (κ3) is 4.87. The Morgan fingerprint density at radius 3 is 2.42 bits per heavy atom. The number of anilines is 1. The lowest BCUT2D eigenvalue weighted by Crippen LogP contribution is -2.48. The first-order valence-electron chi connectivity index (χ1n) is 11.2. The van der Waals surface area contributed by atoms with Crippen molar-refractivity contribution in [3.05, 3.63) is 23.8 Å². The van der Waals surface area contributed by atoms with Gasteiger partial charge in [-0.15, -0.1) is 0 Å². The second-order valence-electron chi connectivity index (χ2n) is 8.71. The molecule has 1 aromatic rings. The van der Waals surface area contributed by atoms with E-state index in [0.29, 0.717) is 37.7 Å². The van der Waals surface area contributed by atoms with Gasteiger partial charge in [0, 0.05) is 37.4 Å². The average Bonchev–Trinajstić information content (AvgIpc) is 3.45. The minimum absolute atomic E-state index is 0.130. The predicted molar refractivity (Wildman–Crippen MR) is 116 cm³/mol. The first-order chi connectivity index (χ1) is 14.9. The second kappa shape index (κ2) is 9.16. The summed E-state index contributed by atoms with van der Waals surface area (Å²) in [4.78, 5) is 27.3. The zero-order valence-corrected chi connectivity index (χ0v) is 18.8. The van der Waals surface area contributed by atoms with Crippen LogP contribution in [-0.4, -0.2) is 68.8 Å². The lowest BCUT2D eigenvalue weighted by atomic mass is 10.0. The number of piperidine rings is 1. The summed E-state index contributed by atoms with van der Waals surface area (Å²) in [7, 11) is -2.35. The number of esters is 1. The van der Waals surface area contributed by atoms with Gasteiger partial charge < -0.3 is 15.0 Å². The van der Waals surface area contributed by atoms with E-state index in [0.717, 1.165) is 32.2 Å². The summed E-state index contributed by atoms with van der Waals surface area (Å²) < 4.78 is 32.8. The molecule has 0 radical (unpaired) electrons. The second-order valence-corrected chi connectivity index (χ2v) is 10.7. The molecule has 0 unspecified atom stereocenters. The van der Waals surface area contributed by atoms with E-state index in [1.807, 2.05) is 0 Å². The molecule has 1 N–H and O–H groups in total. The normalized spacial score (nSPS) is 22.4. The number of hydrogen-bond acceptors (Lipinski definition) is 6. The van der Waals surface area contributed by atoms with Crippen LogP contribution in [0.2, 0.25) is 0 Å². The van der Waals surface area contributed by atoms with E-state index in [-0.39, 0.29) is 16.4 Å². The van der Waals surface area contributed by atoms with Crippen molar-refractivity contribution >= 4 is 27.6 Å². The van der Waals surface area contributed by atoms with E-state index < -0.39 is 22.0 Å². The van der Waals surface area contributed by atoms with Gasteiger partial charge in [-0.2, -0.15) is 4.31 Å². The van der Waals surface area contributed by atoms with Gasteiger partial charge in [0.05, 0.1) is 12.0 Å². The number of carbonyl (C=O) groups excluding carboxylic acids is 2. The van der Waals surface area contributed by atoms with Gasteiger partial charge in [0.25, 0.3) is 5.91 Å². The Kier molecular flexibility index (Phi) is 6.52. The molecule has 0 aromatic heterocycles. The summed E-state index contributed by atoms with van der Waals surface area (Å²) in [6, 6.07) is 4.16. The highest BCUT2D eigenvalue weighted by Gasteiger charge is 2.35. The Labute approximate surface area is 184 Å². The smallest absolute Gasteiger partial charge is 0.328 e. The zero-order valence-electron chi connectivity index (χ0n) is 18.0. The number of likely N-dealkylation sites (tertiary alicyclic amines) is 1. The standard InChI is InChI=1S/C22H31N3O5S/c1-30-22(27)20-6-2-3-11-25(20)21(26)17-12-18(23-15-16-7-8-16)14-19(13-17)31(28,29)24-9-4-5-10-24/h12-14,16,20,23H,2-11,15H2,1H3/t20-/m0/s1. The molecule has 1 aromatic carbocycles. The van der Waals surface area contributed by atoms with Gasteiger partial charge in [0.15, 0.2) is 0 Å². The number of nitrogens with zero attached hydrogens (tertiary/aromatic N) is 2. The van der Waals surface area contributed by atoms with Crippen molar-refractivity contribution in [2.45, 2.75) is 55.9 Å². The monoisotopic (exact) mass is 449 g/mol. The van der Waals surface area contributed by atoms with Gasteiger partial charge in [-0.3, -0.25) is 4.79 Å². The Bertz CT molecular complexity index is 938. The van der Waals surface area contributed by atoms with E-state index in [1.165, 1.54) is 35.2 Å². The molecule has 1 saturated carbocycles. The van der Waals surface area contributed by atoms with E-state index >= 15 is 0 Å². The first-order valence-corrected chi connectivity index (χ1v) is 12.6. The minimum atomic E-state index is -3.67. The van der Waals surface area contributed by atoms with Crippen LogP contribution in [-0.2, 0) is 19.6 Å². The maximum atomic E-state index is 13.4. The van der Waals surface area contributed by atoms with Gasteiger partial charge in [0.2, 0.25) is 10.0 Å². The molecular weight excluding hydrogens is 418 g/mol. The highest BCUT2D eigenvalue weighted by atomic mass is 32.2. The Balaban J connectivity index is 1.67. The highest BCUT2D eigenvalue weighted by molar-refractivity contribution is 7.89. The maximum absolute atomic E-state index is 13.4. The summed E-state index contributed by atoms with van der Waals surface area (Å²) in [6.45, 7) is 2.21. The predicted octanol–water partition coefficient (Wildman–Crippen LogP) is 2.46. The van der Waals surface area contributed by atoms with Crippen molar-refractivity contribution in [1.29, 1.82) is 0 Å². The fraction of sp³-hybridized carbons (Fsp3) is 0.636. The molecule has 3 aliphatic rings. The molecule has 8 nitrogen and oxygen atoms in total. The molecule has 3 fully saturated rings. The van der Waals surface area contributed by atoms with Crippen LogP contribution in [0.5, 0.6) is 0 Å². The third-order valence-corrected chi connectivity index (χ3v) is 8.26. The quantitative estimate of drug-likeness (QED) is 0.643. The van der Waals surface area contributed by atoms with Crippen LogP contribution in [0.3, 0.4) is 0 Å². The van der Waals surface area contributed by atoms with E-state index in [1.54, 1.807) is 12.1 Å². The molecule has 2 saturated heterocycles. The van der Waals surface area contributed by atoms with Gasteiger partial charge in [0.1, 0.15) is 6.04 Å². The number of methoxy groups -OCH3 is 1. The van der Waals surface area contributed by atoms with Crippen molar-refractivity contribution in [1.82, 2.24) is 9.21 Å². The molecule has 2 aliphatic heterocycles. The largest absolute Gasteiger partial charge is 0.467 e. The van der Waals surface area contributed by atoms with Crippen molar-refractivity contribution in [2.24, 2.45) is 5.92 Å². The third-order valence-electron chi connectivity index (χ3n) is 6.38. The van der Waals surface area contributed by atoms with Crippen LogP contribution in [0.15, 0.2) is 23.1 Å². The van der Waals surface area contributed by atoms with Crippen LogP contribution >= 0.6 is 0 Å². The topological polar surface area (TPSA) is 96.0 Å². The number of ether oxygens (including phenoxy) is 1. The lowest BCUT2D eigenvalue weighted by Gasteiger charge is -2.34. The Morgan fingerprint density at radius 2 is 1.74 bits per heavy atom. The summed E-state index contributed by atoms with van der Waals surface area (Å²) in [5.74, 6) is -0.159.